The van der Waals surface area contributed by atoms with Gasteiger partial charge in [-0.15, -0.1) is 11.3 Å². The van der Waals surface area contributed by atoms with Crippen LogP contribution in [0, 0.1) is 5.92 Å². The van der Waals surface area contributed by atoms with Crippen molar-refractivity contribution in [2.24, 2.45) is 5.92 Å². The van der Waals surface area contributed by atoms with Crippen molar-refractivity contribution in [3.63, 3.8) is 0 Å². The number of nitrogens with one attached hydrogen (secondary N) is 1. The molecule has 0 spiro atoms. The lowest BCUT2D eigenvalue weighted by Gasteiger charge is -2.29. The number of likely N-dealkylation sites (tertiary alicyclic amines) is 1. The van der Waals surface area contributed by atoms with Crippen LogP contribution in [0.3, 0.4) is 0 Å². The van der Waals surface area contributed by atoms with Crippen LogP contribution in [0.5, 0.6) is 0 Å². The highest BCUT2D eigenvalue weighted by Crippen LogP contribution is 2.39. The monoisotopic (exact) mass is 393 g/mol. The van der Waals surface area contributed by atoms with Gasteiger partial charge in [0.1, 0.15) is 16.5 Å². The minimum absolute atomic E-state index is 0.693. The SMILES string of the molecule is CC1CCN(Cc2nc(NCc3ccccn3)c3c4c(sc3n2)CCC4)CC1. The first-order valence-electron chi connectivity index (χ1n) is 10.4. The number of anilines is 1. The van der Waals surface area contributed by atoms with Crippen molar-refractivity contribution in [3.05, 3.63) is 46.4 Å². The van der Waals surface area contributed by atoms with Crippen molar-refractivity contribution in [2.75, 3.05) is 18.4 Å². The molecule has 0 unspecified atom stereocenters. The standard InChI is InChI=1S/C22H27N5S/c1-15-8-11-27(12-9-15)14-19-25-21(24-13-16-5-2-3-10-23-16)20-17-6-4-7-18(17)28-22(20)26-19/h2-3,5,10,15H,4,6-9,11-14H2,1H3,(H,24,25,26). The smallest absolute Gasteiger partial charge is 0.146 e. The predicted octanol–water partition coefficient (Wildman–Crippen LogP) is 4.42. The van der Waals surface area contributed by atoms with E-state index >= 15 is 0 Å². The molecule has 2 aliphatic rings. The number of aromatic nitrogens is 3. The molecule has 3 aromatic rings. The van der Waals surface area contributed by atoms with Crippen molar-refractivity contribution in [2.45, 2.75) is 52.1 Å². The van der Waals surface area contributed by atoms with Gasteiger partial charge in [-0.2, -0.15) is 0 Å². The maximum absolute atomic E-state index is 4.99. The van der Waals surface area contributed by atoms with Gasteiger partial charge in [-0.25, -0.2) is 9.97 Å². The maximum atomic E-state index is 4.99. The molecule has 0 aromatic carbocycles. The van der Waals surface area contributed by atoms with E-state index in [1.165, 1.54) is 41.5 Å². The second-order valence-corrected chi connectivity index (χ2v) is 9.24. The highest BCUT2D eigenvalue weighted by Gasteiger charge is 2.23. The van der Waals surface area contributed by atoms with Gasteiger partial charge >= 0.3 is 0 Å². The number of pyridine rings is 1. The molecule has 0 bridgehead atoms. The number of hydrogen-bond donors (Lipinski definition) is 1. The molecule has 28 heavy (non-hydrogen) atoms. The fourth-order valence-corrected chi connectivity index (χ4v) is 5.62. The minimum atomic E-state index is 0.693. The Hall–Kier alpha value is -2.05. The zero-order valence-corrected chi connectivity index (χ0v) is 17.3. The van der Waals surface area contributed by atoms with Crippen molar-refractivity contribution in [3.8, 4) is 0 Å². The lowest BCUT2D eigenvalue weighted by molar-refractivity contribution is 0.181. The average molecular weight is 394 g/mol. The summed E-state index contributed by atoms with van der Waals surface area (Å²) in [6.07, 6.45) is 8.00. The molecule has 0 saturated carbocycles. The average Bonchev–Trinajstić information content (AvgIpc) is 3.30. The number of piperidine rings is 1. The van der Waals surface area contributed by atoms with E-state index in [0.717, 1.165) is 54.1 Å². The van der Waals surface area contributed by atoms with E-state index in [1.807, 2.05) is 29.7 Å². The molecule has 4 heterocycles. The molecule has 5 rings (SSSR count). The fraction of sp³-hybridized carbons (Fsp3) is 0.500. The van der Waals surface area contributed by atoms with Crippen molar-refractivity contribution in [1.82, 2.24) is 19.9 Å². The summed E-state index contributed by atoms with van der Waals surface area (Å²) in [4.78, 5) is 19.6. The van der Waals surface area contributed by atoms with Crippen LogP contribution in [0.25, 0.3) is 10.2 Å². The number of nitrogens with zero attached hydrogens (tertiary/aromatic N) is 4. The Bertz CT molecular complexity index is 960. The summed E-state index contributed by atoms with van der Waals surface area (Å²) in [6, 6.07) is 6.04. The maximum Gasteiger partial charge on any atom is 0.146 e. The summed E-state index contributed by atoms with van der Waals surface area (Å²) in [7, 11) is 0. The number of fused-ring (bicyclic) bond motifs is 3. The number of hydrogen-bond acceptors (Lipinski definition) is 6. The van der Waals surface area contributed by atoms with Gasteiger partial charge in [0.05, 0.1) is 24.2 Å². The van der Waals surface area contributed by atoms with Crippen LogP contribution in [0.15, 0.2) is 24.4 Å². The van der Waals surface area contributed by atoms with E-state index in [4.69, 9.17) is 9.97 Å². The van der Waals surface area contributed by atoms with Crippen LogP contribution >= 0.6 is 11.3 Å². The first-order valence-corrected chi connectivity index (χ1v) is 11.2. The Kier molecular flexibility index (Phi) is 4.99. The van der Waals surface area contributed by atoms with Gasteiger partial charge in [0.25, 0.3) is 0 Å². The van der Waals surface area contributed by atoms with E-state index in [0.29, 0.717) is 6.54 Å². The molecule has 0 atom stereocenters. The highest BCUT2D eigenvalue weighted by molar-refractivity contribution is 7.19. The Morgan fingerprint density at radius 3 is 2.89 bits per heavy atom. The van der Waals surface area contributed by atoms with Crippen LogP contribution < -0.4 is 5.32 Å². The summed E-state index contributed by atoms with van der Waals surface area (Å²) >= 11 is 1.87. The summed E-state index contributed by atoms with van der Waals surface area (Å²) in [5.74, 6) is 2.79. The number of aryl methyl sites for hydroxylation is 2. The lowest BCUT2D eigenvalue weighted by Crippen LogP contribution is -2.33. The highest BCUT2D eigenvalue weighted by atomic mass is 32.1. The number of thiophene rings is 1. The van der Waals surface area contributed by atoms with Crippen molar-refractivity contribution < 1.29 is 0 Å². The number of rotatable bonds is 5. The summed E-state index contributed by atoms with van der Waals surface area (Å²) in [6.45, 7) is 6.20. The molecule has 1 N–H and O–H groups in total. The van der Waals surface area contributed by atoms with Crippen LogP contribution in [-0.4, -0.2) is 32.9 Å². The van der Waals surface area contributed by atoms with Gasteiger partial charge in [0.2, 0.25) is 0 Å². The van der Waals surface area contributed by atoms with E-state index in [-0.39, 0.29) is 0 Å². The third-order valence-corrected chi connectivity index (χ3v) is 7.20. The molecule has 5 nitrogen and oxygen atoms in total. The van der Waals surface area contributed by atoms with E-state index < -0.39 is 0 Å². The second-order valence-electron chi connectivity index (χ2n) is 8.16. The van der Waals surface area contributed by atoms with Gasteiger partial charge in [-0.05, 0) is 68.8 Å². The van der Waals surface area contributed by atoms with Crippen LogP contribution in [-0.2, 0) is 25.9 Å². The van der Waals surface area contributed by atoms with Crippen LogP contribution in [0.4, 0.5) is 5.82 Å². The molecule has 1 aliphatic carbocycles. The van der Waals surface area contributed by atoms with Gasteiger partial charge in [-0.1, -0.05) is 13.0 Å². The summed E-state index contributed by atoms with van der Waals surface area (Å²) in [5.41, 5.74) is 2.51. The minimum Gasteiger partial charge on any atom is -0.364 e. The summed E-state index contributed by atoms with van der Waals surface area (Å²) < 4.78 is 0. The van der Waals surface area contributed by atoms with E-state index in [2.05, 4.69) is 28.2 Å². The van der Waals surface area contributed by atoms with Gasteiger partial charge in [0.15, 0.2) is 0 Å². The van der Waals surface area contributed by atoms with Crippen molar-refractivity contribution in [1.29, 1.82) is 0 Å². The summed E-state index contributed by atoms with van der Waals surface area (Å²) in [5, 5.41) is 4.83. The molecule has 0 amide bonds. The van der Waals surface area contributed by atoms with E-state index in [9.17, 15) is 0 Å². The molecule has 0 radical (unpaired) electrons. The Morgan fingerprint density at radius 1 is 1.18 bits per heavy atom. The van der Waals surface area contributed by atoms with Gasteiger partial charge in [0, 0.05) is 11.1 Å². The largest absolute Gasteiger partial charge is 0.364 e. The molecule has 146 valence electrons. The van der Waals surface area contributed by atoms with Crippen LogP contribution in [0.1, 0.15) is 48.1 Å². The molecule has 1 saturated heterocycles. The topological polar surface area (TPSA) is 53.9 Å². The van der Waals surface area contributed by atoms with Gasteiger partial charge in [-0.3, -0.25) is 9.88 Å². The first-order chi connectivity index (χ1) is 13.8. The Morgan fingerprint density at radius 2 is 2.07 bits per heavy atom. The first kappa shape index (κ1) is 18.0. The van der Waals surface area contributed by atoms with Crippen LogP contribution in [0.2, 0.25) is 0 Å². The quantitative estimate of drug-likeness (QED) is 0.695. The molecular weight excluding hydrogens is 366 g/mol. The fourth-order valence-electron chi connectivity index (χ4n) is 4.34. The van der Waals surface area contributed by atoms with Gasteiger partial charge < -0.3 is 5.32 Å². The second kappa shape index (κ2) is 7.76. The van der Waals surface area contributed by atoms with E-state index in [1.54, 1.807) is 0 Å². The zero-order valence-electron chi connectivity index (χ0n) is 16.4. The Labute approximate surface area is 170 Å². The molecule has 3 aromatic heterocycles. The van der Waals surface area contributed by atoms with Crippen molar-refractivity contribution >= 4 is 27.4 Å². The zero-order chi connectivity index (χ0) is 18.9. The molecule has 1 aliphatic heterocycles. The molecule has 1 fully saturated rings. The molecule has 6 heteroatoms. The lowest BCUT2D eigenvalue weighted by atomic mass is 9.99. The Balaban J connectivity index is 1.45. The third-order valence-electron chi connectivity index (χ3n) is 6.02. The molecular formula is C22H27N5S. The normalized spacial score (nSPS) is 17.9. The predicted molar refractivity (Wildman–Crippen MR) is 115 cm³/mol. The third kappa shape index (κ3) is 3.63.